The van der Waals surface area contributed by atoms with Gasteiger partial charge in [-0.05, 0) is 37.0 Å². The molecular formula is C17H23ClN4O. The number of H-pyrrole nitrogens is 1. The third kappa shape index (κ3) is 3.74. The number of aromatic nitrogens is 2. The molecular weight excluding hydrogens is 312 g/mol. The summed E-state index contributed by atoms with van der Waals surface area (Å²) >= 11 is 0. The van der Waals surface area contributed by atoms with E-state index in [2.05, 4.69) is 52.9 Å². The molecule has 1 aliphatic heterocycles. The number of carbonyl (C=O) groups excluding carboxylic acids is 1. The summed E-state index contributed by atoms with van der Waals surface area (Å²) in [6.45, 7) is 6.49. The van der Waals surface area contributed by atoms with Crippen molar-refractivity contribution < 1.29 is 4.79 Å². The number of nitrogens with one attached hydrogen (secondary N) is 3. The Morgan fingerprint density at radius 1 is 1.30 bits per heavy atom. The number of rotatable bonds is 4. The van der Waals surface area contributed by atoms with Gasteiger partial charge in [0, 0.05) is 37.3 Å². The monoisotopic (exact) mass is 334 g/mol. The van der Waals surface area contributed by atoms with E-state index in [-0.39, 0.29) is 18.3 Å². The van der Waals surface area contributed by atoms with E-state index in [9.17, 15) is 4.79 Å². The van der Waals surface area contributed by atoms with Crippen molar-refractivity contribution in [3.63, 3.8) is 0 Å². The minimum atomic E-state index is -0.0903. The molecule has 6 heteroatoms. The minimum absolute atomic E-state index is 0. The van der Waals surface area contributed by atoms with E-state index in [1.54, 1.807) is 0 Å². The zero-order valence-corrected chi connectivity index (χ0v) is 14.3. The van der Waals surface area contributed by atoms with Crippen LogP contribution in [0.2, 0.25) is 0 Å². The van der Waals surface area contributed by atoms with Crippen LogP contribution < -0.4 is 10.6 Å². The molecule has 1 aromatic heterocycles. The van der Waals surface area contributed by atoms with Crippen LogP contribution in [0.3, 0.4) is 0 Å². The van der Waals surface area contributed by atoms with Crippen LogP contribution in [0, 0.1) is 13.8 Å². The zero-order valence-electron chi connectivity index (χ0n) is 13.5. The highest BCUT2D eigenvalue weighted by Gasteiger charge is 2.21. The Hall–Kier alpha value is -1.85. The SMILES string of the molecule is Cc1cccc(C)c1CCNC(=O)c1n[nH]c2c1CNCC2.Cl. The first-order valence-corrected chi connectivity index (χ1v) is 7.77. The van der Waals surface area contributed by atoms with E-state index in [1.165, 1.54) is 16.7 Å². The van der Waals surface area contributed by atoms with Crippen molar-refractivity contribution in [2.24, 2.45) is 0 Å². The number of aromatic amines is 1. The Morgan fingerprint density at radius 2 is 2.04 bits per heavy atom. The van der Waals surface area contributed by atoms with Gasteiger partial charge in [0.1, 0.15) is 0 Å². The maximum atomic E-state index is 12.3. The van der Waals surface area contributed by atoms with Crippen LogP contribution in [-0.2, 0) is 19.4 Å². The second kappa shape index (κ2) is 7.62. The van der Waals surface area contributed by atoms with Crippen LogP contribution in [0.15, 0.2) is 18.2 Å². The van der Waals surface area contributed by atoms with Crippen LogP contribution in [0.25, 0.3) is 0 Å². The second-order valence-electron chi connectivity index (χ2n) is 5.83. The summed E-state index contributed by atoms with van der Waals surface area (Å²) in [6.07, 6.45) is 1.74. The Labute approximate surface area is 142 Å². The lowest BCUT2D eigenvalue weighted by molar-refractivity contribution is 0.0948. The predicted octanol–water partition coefficient (Wildman–Crippen LogP) is 2.07. The van der Waals surface area contributed by atoms with E-state index >= 15 is 0 Å². The molecule has 0 aliphatic carbocycles. The van der Waals surface area contributed by atoms with Crippen molar-refractivity contribution in [3.05, 3.63) is 51.8 Å². The third-order valence-electron chi connectivity index (χ3n) is 4.33. The molecule has 0 bridgehead atoms. The highest BCUT2D eigenvalue weighted by Crippen LogP contribution is 2.16. The lowest BCUT2D eigenvalue weighted by Crippen LogP contribution is -2.29. The van der Waals surface area contributed by atoms with Crippen LogP contribution >= 0.6 is 12.4 Å². The minimum Gasteiger partial charge on any atom is -0.350 e. The van der Waals surface area contributed by atoms with E-state index in [1.807, 2.05) is 0 Å². The number of carbonyl (C=O) groups is 1. The molecule has 3 rings (SSSR count). The number of amides is 1. The highest BCUT2D eigenvalue weighted by molar-refractivity contribution is 5.94. The summed E-state index contributed by atoms with van der Waals surface area (Å²) in [5.41, 5.74) is 6.48. The van der Waals surface area contributed by atoms with Gasteiger partial charge in [0.15, 0.2) is 5.69 Å². The summed E-state index contributed by atoms with van der Waals surface area (Å²) in [5.74, 6) is -0.0903. The summed E-state index contributed by atoms with van der Waals surface area (Å²) < 4.78 is 0. The first kappa shape index (κ1) is 17.5. The fraction of sp³-hybridized carbons (Fsp3) is 0.412. The molecule has 23 heavy (non-hydrogen) atoms. The van der Waals surface area contributed by atoms with Gasteiger partial charge < -0.3 is 10.6 Å². The predicted molar refractivity (Wildman–Crippen MR) is 93.2 cm³/mol. The number of fused-ring (bicyclic) bond motifs is 1. The molecule has 1 amide bonds. The first-order chi connectivity index (χ1) is 10.7. The van der Waals surface area contributed by atoms with Gasteiger partial charge in [-0.25, -0.2) is 0 Å². The molecule has 0 spiro atoms. The molecule has 0 saturated heterocycles. The van der Waals surface area contributed by atoms with Gasteiger partial charge in [-0.1, -0.05) is 18.2 Å². The molecule has 2 heterocycles. The van der Waals surface area contributed by atoms with Crippen molar-refractivity contribution in [2.75, 3.05) is 13.1 Å². The Morgan fingerprint density at radius 3 is 2.78 bits per heavy atom. The van der Waals surface area contributed by atoms with E-state index < -0.39 is 0 Å². The molecule has 1 aromatic carbocycles. The molecule has 0 unspecified atom stereocenters. The van der Waals surface area contributed by atoms with Gasteiger partial charge in [0.25, 0.3) is 5.91 Å². The number of aryl methyl sites for hydroxylation is 2. The summed E-state index contributed by atoms with van der Waals surface area (Å²) in [5, 5.41) is 13.4. The molecule has 5 nitrogen and oxygen atoms in total. The van der Waals surface area contributed by atoms with Crippen molar-refractivity contribution in [1.82, 2.24) is 20.8 Å². The van der Waals surface area contributed by atoms with Crippen molar-refractivity contribution in [2.45, 2.75) is 33.2 Å². The fourth-order valence-electron chi connectivity index (χ4n) is 3.04. The Bertz CT molecular complexity index is 676. The number of halogens is 1. The standard InChI is InChI=1S/C17H22N4O.ClH/c1-11-4-3-5-12(2)13(11)6-9-19-17(22)16-14-10-18-8-7-15(14)20-21-16;/h3-5,18H,6-10H2,1-2H3,(H,19,22)(H,20,21);1H. The van der Waals surface area contributed by atoms with Crippen LogP contribution in [0.5, 0.6) is 0 Å². The van der Waals surface area contributed by atoms with Gasteiger partial charge in [-0.3, -0.25) is 9.89 Å². The number of benzene rings is 1. The molecule has 2 aromatic rings. The molecule has 124 valence electrons. The Balaban J connectivity index is 0.00000192. The van der Waals surface area contributed by atoms with E-state index in [0.29, 0.717) is 18.8 Å². The number of hydrogen-bond donors (Lipinski definition) is 3. The van der Waals surface area contributed by atoms with Crippen LogP contribution in [0.4, 0.5) is 0 Å². The van der Waals surface area contributed by atoms with Crippen LogP contribution in [-0.4, -0.2) is 29.2 Å². The van der Waals surface area contributed by atoms with Crippen molar-refractivity contribution in [3.8, 4) is 0 Å². The Kier molecular flexibility index (Phi) is 5.80. The average molecular weight is 335 g/mol. The molecule has 3 N–H and O–H groups in total. The van der Waals surface area contributed by atoms with E-state index in [4.69, 9.17) is 0 Å². The highest BCUT2D eigenvalue weighted by atomic mass is 35.5. The normalized spacial score (nSPS) is 13.1. The van der Waals surface area contributed by atoms with Gasteiger partial charge in [-0.2, -0.15) is 5.10 Å². The molecule has 1 aliphatic rings. The second-order valence-corrected chi connectivity index (χ2v) is 5.83. The van der Waals surface area contributed by atoms with E-state index in [0.717, 1.165) is 30.6 Å². The third-order valence-corrected chi connectivity index (χ3v) is 4.33. The van der Waals surface area contributed by atoms with Gasteiger partial charge in [-0.15, -0.1) is 12.4 Å². The first-order valence-electron chi connectivity index (χ1n) is 7.77. The largest absolute Gasteiger partial charge is 0.350 e. The average Bonchev–Trinajstić information content (AvgIpc) is 2.94. The smallest absolute Gasteiger partial charge is 0.272 e. The summed E-state index contributed by atoms with van der Waals surface area (Å²) in [4.78, 5) is 12.3. The lowest BCUT2D eigenvalue weighted by atomic mass is 10.0. The van der Waals surface area contributed by atoms with Crippen LogP contribution in [0.1, 0.15) is 38.4 Å². The lowest BCUT2D eigenvalue weighted by Gasteiger charge is -2.13. The molecule has 0 saturated carbocycles. The topological polar surface area (TPSA) is 69.8 Å². The van der Waals surface area contributed by atoms with Crippen molar-refractivity contribution in [1.29, 1.82) is 0 Å². The maximum Gasteiger partial charge on any atom is 0.272 e. The van der Waals surface area contributed by atoms with Gasteiger partial charge in [0.2, 0.25) is 0 Å². The van der Waals surface area contributed by atoms with Gasteiger partial charge in [0.05, 0.1) is 0 Å². The summed E-state index contributed by atoms with van der Waals surface area (Å²) in [7, 11) is 0. The molecule has 0 atom stereocenters. The number of nitrogens with zero attached hydrogens (tertiary/aromatic N) is 1. The zero-order chi connectivity index (χ0) is 15.5. The summed E-state index contributed by atoms with van der Waals surface area (Å²) in [6, 6.07) is 6.29. The number of hydrogen-bond acceptors (Lipinski definition) is 3. The maximum absolute atomic E-state index is 12.3. The fourth-order valence-corrected chi connectivity index (χ4v) is 3.04. The van der Waals surface area contributed by atoms with Gasteiger partial charge >= 0.3 is 0 Å². The molecule has 0 fully saturated rings. The van der Waals surface area contributed by atoms with Crippen molar-refractivity contribution >= 4 is 18.3 Å². The molecule has 0 radical (unpaired) electrons. The quantitative estimate of drug-likeness (QED) is 0.801.